The third-order valence-corrected chi connectivity index (χ3v) is 13.5. The van der Waals surface area contributed by atoms with Crippen molar-refractivity contribution in [2.24, 2.45) is 17.8 Å². The monoisotopic (exact) mass is 788 g/mol. The molecule has 1 unspecified atom stereocenters. The van der Waals surface area contributed by atoms with Crippen molar-refractivity contribution >= 4 is 8.45 Å². The first kappa shape index (κ1) is 51.6. The summed E-state index contributed by atoms with van der Waals surface area (Å²) in [4.78, 5) is 0. The Morgan fingerprint density at radius 3 is 1.29 bits per heavy atom. The summed E-state index contributed by atoms with van der Waals surface area (Å²) in [5.41, 5.74) is 1.10. The van der Waals surface area contributed by atoms with Gasteiger partial charge in [-0.05, 0) is 104 Å². The predicted octanol–water partition coefficient (Wildman–Crippen LogP) is 14.9. The highest BCUT2D eigenvalue weighted by Crippen LogP contribution is 2.51. The lowest BCUT2D eigenvalue weighted by Gasteiger charge is -2.45. The molecule has 0 fully saturated rings. The molecule has 0 amide bonds. The van der Waals surface area contributed by atoms with Crippen LogP contribution >= 0.6 is 8.45 Å². The number of hydrogen-bond acceptors (Lipinski definition) is 6. The molecule has 320 valence electrons. The molecule has 55 heavy (non-hydrogen) atoms. The van der Waals surface area contributed by atoms with Gasteiger partial charge in [-0.3, -0.25) is 0 Å². The Morgan fingerprint density at radius 2 is 0.909 bits per heavy atom. The van der Waals surface area contributed by atoms with Crippen LogP contribution in [0.5, 0.6) is 11.5 Å². The number of nitrogens with zero attached hydrogens (tertiary/aromatic N) is 3. The molecule has 0 aliphatic heterocycles. The van der Waals surface area contributed by atoms with Gasteiger partial charge in [-0.25, -0.2) is 9.34 Å². The minimum Gasteiger partial charge on any atom is -0.490 e. The van der Waals surface area contributed by atoms with E-state index in [1.54, 1.807) is 0 Å². The van der Waals surface area contributed by atoms with Crippen LogP contribution in [0.1, 0.15) is 204 Å². The fourth-order valence-electron chi connectivity index (χ4n) is 7.52. The van der Waals surface area contributed by atoms with Gasteiger partial charge in [-0.15, -0.1) is 0 Å². The Kier molecular flexibility index (Phi) is 29.7. The molecule has 0 aliphatic rings. The highest BCUT2D eigenvalue weighted by atomic mass is 31.2. The minimum atomic E-state index is -1.04. The largest absolute Gasteiger partial charge is 0.490 e. The maximum Gasteiger partial charge on any atom is 0.188 e. The summed E-state index contributed by atoms with van der Waals surface area (Å²) < 4.78 is 24.6. The van der Waals surface area contributed by atoms with Gasteiger partial charge in [-0.1, -0.05) is 136 Å². The van der Waals surface area contributed by atoms with E-state index in [2.05, 4.69) is 117 Å². The molecule has 0 aliphatic carbocycles. The van der Waals surface area contributed by atoms with Gasteiger partial charge in [0.15, 0.2) is 19.9 Å². The highest BCUT2D eigenvalue weighted by molar-refractivity contribution is 7.47. The first-order chi connectivity index (χ1) is 26.3. The molecule has 1 aromatic carbocycles. The fourth-order valence-corrected chi connectivity index (χ4v) is 9.92. The predicted molar refractivity (Wildman–Crippen MR) is 240 cm³/mol. The molecule has 0 spiro atoms. The van der Waals surface area contributed by atoms with E-state index >= 15 is 0 Å². The molecule has 0 radical (unpaired) electrons. The topological polar surface area (TPSA) is 58.0 Å². The number of benzene rings is 1. The second-order valence-corrected chi connectivity index (χ2v) is 19.9. The van der Waals surface area contributed by atoms with Gasteiger partial charge in [0, 0.05) is 24.2 Å². The summed E-state index contributed by atoms with van der Waals surface area (Å²) in [5, 5.41) is 10.3. The van der Waals surface area contributed by atoms with Gasteiger partial charge in [0.2, 0.25) is 0 Å². The van der Waals surface area contributed by atoms with E-state index in [4.69, 9.17) is 14.0 Å². The van der Waals surface area contributed by atoms with E-state index < -0.39 is 8.45 Å². The van der Waals surface area contributed by atoms with Crippen LogP contribution in [0.25, 0.3) is 0 Å². The van der Waals surface area contributed by atoms with Gasteiger partial charge in [0.05, 0.1) is 31.8 Å². The molecule has 0 N–H and O–H groups in total. The lowest BCUT2D eigenvalue weighted by molar-refractivity contribution is 0.177. The van der Waals surface area contributed by atoms with Crippen LogP contribution in [0.3, 0.4) is 0 Å². The van der Waals surface area contributed by atoms with Crippen molar-refractivity contribution in [3.05, 3.63) is 23.8 Å². The van der Waals surface area contributed by atoms with E-state index in [-0.39, 0.29) is 5.92 Å². The van der Waals surface area contributed by atoms with Crippen molar-refractivity contribution in [3.8, 4) is 17.6 Å². The van der Waals surface area contributed by atoms with Crippen molar-refractivity contribution < 1.29 is 14.0 Å². The van der Waals surface area contributed by atoms with Crippen LogP contribution in [0.15, 0.2) is 18.2 Å². The van der Waals surface area contributed by atoms with E-state index in [1.807, 2.05) is 0 Å². The molecule has 0 aromatic heterocycles. The van der Waals surface area contributed by atoms with Gasteiger partial charge in [-0.2, -0.15) is 5.26 Å². The maximum atomic E-state index is 10.3. The quantitative estimate of drug-likeness (QED) is 0.0504. The Bertz CT molecular complexity index is 1070. The molecule has 6 nitrogen and oxygen atoms in total. The fraction of sp³-hybridized carbons (Fsp3) is 0.854. The van der Waals surface area contributed by atoms with Crippen LogP contribution in [-0.2, 0) is 10.9 Å². The minimum absolute atomic E-state index is 0.257. The summed E-state index contributed by atoms with van der Waals surface area (Å²) in [6.45, 7) is 29.1. The second-order valence-electron chi connectivity index (χ2n) is 18.2. The first-order valence-electron chi connectivity index (χ1n) is 23.1. The van der Waals surface area contributed by atoms with Crippen LogP contribution in [-0.4, -0.2) is 53.3 Å². The van der Waals surface area contributed by atoms with Crippen molar-refractivity contribution in [2.75, 3.05) is 19.8 Å². The molecule has 0 saturated carbocycles. The third kappa shape index (κ3) is 24.2. The van der Waals surface area contributed by atoms with Gasteiger partial charge in [0.25, 0.3) is 0 Å². The number of unbranched alkanes of at least 4 members (excludes halogenated alkanes) is 14. The van der Waals surface area contributed by atoms with Crippen LogP contribution in [0.4, 0.5) is 0 Å². The maximum absolute atomic E-state index is 10.3. The Hall–Kier alpha value is -1.38. The Labute approximate surface area is 344 Å². The van der Waals surface area contributed by atoms with Crippen molar-refractivity contribution in [3.63, 3.8) is 0 Å². The van der Waals surface area contributed by atoms with Gasteiger partial charge >= 0.3 is 0 Å². The van der Waals surface area contributed by atoms with Gasteiger partial charge < -0.3 is 14.0 Å². The van der Waals surface area contributed by atoms with Crippen LogP contribution in [0, 0.1) is 29.1 Å². The zero-order valence-corrected chi connectivity index (χ0v) is 39.2. The number of nitriles is 1. The molecule has 1 rings (SSSR count). The zero-order valence-electron chi connectivity index (χ0n) is 38.3. The SMILES string of the molecule is CC(C)CCCCCCCCCCOc1ccc(CC(C#N)COP(N(C(C)C)C(C)C)N(C(C)C)C(C)C)cc1OCCCCCCCCCCC(C)C. The zero-order chi connectivity index (χ0) is 41.0. The lowest BCUT2D eigenvalue weighted by Crippen LogP contribution is -2.43. The summed E-state index contributed by atoms with van der Waals surface area (Å²) in [5.74, 6) is 3.05. The van der Waals surface area contributed by atoms with Crippen LogP contribution < -0.4 is 9.47 Å². The summed E-state index contributed by atoms with van der Waals surface area (Å²) in [6, 6.07) is 10.2. The average Bonchev–Trinajstić information content (AvgIpc) is 3.10. The standard InChI is InChI=1S/C48H90N3O3P/c1-39(2)29-25-21-17-13-15-19-23-27-33-52-47-32-31-45(36-48(47)53-34-28-24-20-16-14-18-22-26-30-40(3)4)35-46(37-49)38-54-55(50(41(5)6)42(7)8)51(43(9)10)44(11)12/h31-32,36,39-44,46H,13-30,33-35,38H2,1-12H3. The van der Waals surface area contributed by atoms with Crippen molar-refractivity contribution in [1.82, 2.24) is 9.34 Å². The summed E-state index contributed by atoms with van der Waals surface area (Å²) >= 11 is 0. The molecular formula is C48H90N3O3P. The highest BCUT2D eigenvalue weighted by Gasteiger charge is 2.35. The van der Waals surface area contributed by atoms with Crippen molar-refractivity contribution in [2.45, 2.75) is 229 Å². The normalized spacial score (nSPS) is 12.9. The second kappa shape index (κ2) is 31.6. The smallest absolute Gasteiger partial charge is 0.188 e. The van der Waals surface area contributed by atoms with Gasteiger partial charge in [0.1, 0.15) is 0 Å². The summed E-state index contributed by atoms with van der Waals surface area (Å²) in [6.07, 6.45) is 24.0. The molecule has 1 atom stereocenters. The van der Waals surface area contributed by atoms with E-state index in [0.29, 0.717) is 50.4 Å². The number of hydrogen-bond donors (Lipinski definition) is 0. The molecule has 1 aromatic rings. The lowest BCUT2D eigenvalue weighted by atomic mass is 10.0. The Morgan fingerprint density at radius 1 is 0.527 bits per heavy atom. The van der Waals surface area contributed by atoms with Crippen LogP contribution in [0.2, 0.25) is 0 Å². The average molecular weight is 788 g/mol. The molecule has 0 saturated heterocycles. The van der Waals surface area contributed by atoms with E-state index in [0.717, 1.165) is 41.7 Å². The molecular weight excluding hydrogens is 698 g/mol. The third-order valence-electron chi connectivity index (χ3n) is 10.4. The van der Waals surface area contributed by atoms with E-state index in [9.17, 15) is 5.26 Å². The number of ether oxygens (including phenoxy) is 2. The summed E-state index contributed by atoms with van der Waals surface area (Å²) in [7, 11) is -1.04. The van der Waals surface area contributed by atoms with E-state index in [1.165, 1.54) is 103 Å². The first-order valence-corrected chi connectivity index (χ1v) is 24.2. The number of rotatable bonds is 35. The van der Waals surface area contributed by atoms with Crippen molar-refractivity contribution in [1.29, 1.82) is 5.26 Å². The molecule has 0 heterocycles. The Balaban J connectivity index is 2.86. The molecule has 7 heteroatoms. The molecule has 0 bridgehead atoms.